The van der Waals surface area contributed by atoms with Crippen LogP contribution in [0.1, 0.15) is 0 Å². The Hall–Kier alpha value is 1.01. The van der Waals surface area contributed by atoms with Gasteiger partial charge < -0.3 is 23.2 Å². The van der Waals surface area contributed by atoms with Crippen LogP contribution in [0, 0.1) is 0 Å². The van der Waals surface area contributed by atoms with Crippen molar-refractivity contribution in [2.24, 2.45) is 5.73 Å². The van der Waals surface area contributed by atoms with Crippen LogP contribution in [0.2, 0.25) is 0 Å². The summed E-state index contributed by atoms with van der Waals surface area (Å²) in [6.07, 6.45) is 0. The molecule has 0 aliphatic heterocycles. The molecule has 0 amide bonds. The van der Waals surface area contributed by atoms with Gasteiger partial charge in [-0.1, -0.05) is 0 Å². The minimum atomic E-state index is -0.968. The van der Waals surface area contributed by atoms with Crippen LogP contribution in [-0.2, 0) is 4.79 Å². The molecule has 0 radical (unpaired) electrons. The number of halogens is 2. The molecule has 0 saturated carbocycles. The van der Waals surface area contributed by atoms with Crippen LogP contribution in [0.5, 0.6) is 0 Å². The van der Waals surface area contributed by atoms with Gasteiger partial charge in [0.05, 0.1) is 6.54 Å². The Labute approximate surface area is 82.1 Å². The summed E-state index contributed by atoms with van der Waals surface area (Å²) in [5.74, 6) is -0.968. The third-order valence-corrected chi connectivity index (χ3v) is 0.175. The molecule has 46 valence electrons. The quantitative estimate of drug-likeness (QED) is 0.384. The molecule has 0 aromatic heterocycles. The summed E-state index contributed by atoms with van der Waals surface area (Å²) in [4.78, 5) is 9.24. The van der Waals surface area contributed by atoms with Crippen molar-refractivity contribution in [2.75, 3.05) is 6.54 Å². The monoisotopic (exact) mass is 169 g/mol. The van der Waals surface area contributed by atoms with E-state index in [4.69, 9.17) is 5.11 Å². The summed E-state index contributed by atoms with van der Waals surface area (Å²) in [6.45, 7) is -0.278. The van der Waals surface area contributed by atoms with Gasteiger partial charge in [0.15, 0.2) is 0 Å². The van der Waals surface area contributed by atoms with Crippen LogP contribution in [0.3, 0.4) is 0 Å². The fraction of sp³-hybridized carbons (Fsp3) is 0.500. The maximum Gasteiger partial charge on any atom is 1.00 e. The SMILES string of the molecule is Cl.NCC(=O)O.[Cl-].[Na+]. The number of hydrogen-bond donors (Lipinski definition) is 2. The van der Waals surface area contributed by atoms with Gasteiger partial charge >= 0.3 is 35.5 Å². The van der Waals surface area contributed by atoms with Crippen molar-refractivity contribution in [3.05, 3.63) is 0 Å². The molecule has 0 aliphatic carbocycles. The van der Waals surface area contributed by atoms with Gasteiger partial charge in [0.2, 0.25) is 0 Å². The van der Waals surface area contributed by atoms with Gasteiger partial charge in [-0.05, 0) is 0 Å². The van der Waals surface area contributed by atoms with Gasteiger partial charge in [0.25, 0.3) is 0 Å². The van der Waals surface area contributed by atoms with E-state index in [1.165, 1.54) is 0 Å². The van der Waals surface area contributed by atoms with Gasteiger partial charge in [0.1, 0.15) is 0 Å². The Bertz CT molecular complexity index is 53.3. The van der Waals surface area contributed by atoms with E-state index in [2.05, 4.69) is 5.73 Å². The molecule has 0 heterocycles. The van der Waals surface area contributed by atoms with E-state index >= 15 is 0 Å². The second-order valence-electron chi connectivity index (χ2n) is 0.598. The first kappa shape index (κ1) is 23.0. The zero-order valence-corrected chi connectivity index (χ0v) is 8.00. The van der Waals surface area contributed by atoms with Crippen molar-refractivity contribution in [3.63, 3.8) is 0 Å². The topological polar surface area (TPSA) is 63.3 Å². The summed E-state index contributed by atoms with van der Waals surface area (Å²) in [5, 5.41) is 7.60. The van der Waals surface area contributed by atoms with Crippen LogP contribution in [0.25, 0.3) is 0 Å². The van der Waals surface area contributed by atoms with Gasteiger partial charge in [-0.15, -0.1) is 12.4 Å². The van der Waals surface area contributed by atoms with E-state index in [1.807, 2.05) is 0 Å². The maximum atomic E-state index is 9.24. The predicted molar refractivity (Wildman–Crippen MR) is 23.9 cm³/mol. The molecule has 8 heavy (non-hydrogen) atoms. The Balaban J connectivity index is -0.0000000267. The number of rotatable bonds is 1. The van der Waals surface area contributed by atoms with Gasteiger partial charge in [-0.3, -0.25) is 4.79 Å². The van der Waals surface area contributed by atoms with Crippen molar-refractivity contribution in [1.82, 2.24) is 0 Å². The predicted octanol–water partition coefficient (Wildman–Crippen LogP) is -6.54. The zero-order valence-electron chi connectivity index (χ0n) is 4.43. The normalized spacial score (nSPS) is 4.62. The van der Waals surface area contributed by atoms with E-state index in [1.54, 1.807) is 0 Å². The summed E-state index contributed by atoms with van der Waals surface area (Å²) in [7, 11) is 0. The zero-order chi connectivity index (χ0) is 4.28. The molecule has 0 bridgehead atoms. The average Bonchev–Trinajstić information content (AvgIpc) is 1.38. The minimum Gasteiger partial charge on any atom is -1.00 e. The Morgan fingerprint density at radius 1 is 1.62 bits per heavy atom. The summed E-state index contributed by atoms with van der Waals surface area (Å²) >= 11 is 0. The van der Waals surface area contributed by atoms with Crippen molar-refractivity contribution in [1.29, 1.82) is 0 Å². The van der Waals surface area contributed by atoms with Crippen LogP contribution in [-0.4, -0.2) is 17.6 Å². The molecule has 0 saturated heterocycles. The van der Waals surface area contributed by atoms with Crippen LogP contribution >= 0.6 is 12.4 Å². The van der Waals surface area contributed by atoms with Crippen LogP contribution in [0.15, 0.2) is 0 Å². The molecule has 0 unspecified atom stereocenters. The van der Waals surface area contributed by atoms with Crippen molar-refractivity contribution >= 4 is 18.4 Å². The number of hydrogen-bond acceptors (Lipinski definition) is 2. The molecule has 3 N–H and O–H groups in total. The molecule has 0 aliphatic rings. The van der Waals surface area contributed by atoms with E-state index in [9.17, 15) is 4.79 Å². The fourth-order valence-electron chi connectivity index (χ4n) is 0. The summed E-state index contributed by atoms with van der Waals surface area (Å²) in [5.41, 5.74) is 4.57. The van der Waals surface area contributed by atoms with Crippen molar-refractivity contribution < 1.29 is 51.9 Å². The first-order valence-corrected chi connectivity index (χ1v) is 1.19. The molecule has 0 aromatic rings. The van der Waals surface area contributed by atoms with E-state index < -0.39 is 5.97 Å². The fourth-order valence-corrected chi connectivity index (χ4v) is 0. The molecule has 0 aromatic carbocycles. The average molecular weight is 170 g/mol. The Morgan fingerprint density at radius 2 is 1.75 bits per heavy atom. The maximum absolute atomic E-state index is 9.24. The second kappa shape index (κ2) is 15.7. The van der Waals surface area contributed by atoms with E-state index in [0.717, 1.165) is 0 Å². The van der Waals surface area contributed by atoms with Gasteiger partial charge in [-0.2, -0.15) is 0 Å². The third-order valence-electron chi connectivity index (χ3n) is 0.175. The van der Waals surface area contributed by atoms with Crippen LogP contribution < -0.4 is 47.7 Å². The molecule has 3 nitrogen and oxygen atoms in total. The molecule has 0 fully saturated rings. The third kappa shape index (κ3) is 27.9. The van der Waals surface area contributed by atoms with Crippen molar-refractivity contribution in [2.45, 2.75) is 0 Å². The molecule has 6 heteroatoms. The Kier molecular flexibility index (Phi) is 45.1. The largest absolute Gasteiger partial charge is 1.00 e. The van der Waals surface area contributed by atoms with Crippen molar-refractivity contribution in [3.8, 4) is 0 Å². The number of carboxylic acids is 1. The summed E-state index contributed by atoms with van der Waals surface area (Å²) in [6, 6.07) is 0. The number of carbonyl (C=O) groups is 1. The summed E-state index contributed by atoms with van der Waals surface area (Å²) < 4.78 is 0. The Morgan fingerprint density at radius 3 is 1.75 bits per heavy atom. The van der Waals surface area contributed by atoms with Gasteiger partial charge in [-0.25, -0.2) is 0 Å². The number of nitrogens with two attached hydrogens (primary N) is 1. The minimum absolute atomic E-state index is 0. The van der Waals surface area contributed by atoms with Gasteiger partial charge in [0, 0.05) is 0 Å². The molecule has 0 atom stereocenters. The second-order valence-corrected chi connectivity index (χ2v) is 0.598. The van der Waals surface area contributed by atoms with Crippen LogP contribution in [0.4, 0.5) is 0 Å². The number of carboxylic acid groups (broad SMARTS) is 1. The smallest absolute Gasteiger partial charge is 1.00 e. The van der Waals surface area contributed by atoms with E-state index in [0.29, 0.717) is 0 Å². The molecule has 0 spiro atoms. The number of aliphatic carboxylic acids is 1. The standard InChI is InChI=1S/C2H5NO2.2ClH.Na/c3-1-2(4)5;;;/h1,3H2,(H,4,5);2*1H;/q;;;+1/p-1. The molecular weight excluding hydrogens is 164 g/mol. The van der Waals surface area contributed by atoms with E-state index in [-0.39, 0.29) is 60.9 Å². The first-order chi connectivity index (χ1) is 2.27. The molecular formula is C2H6Cl2NNaO2. The first-order valence-electron chi connectivity index (χ1n) is 1.19. The molecule has 0 rings (SSSR count).